The summed E-state index contributed by atoms with van der Waals surface area (Å²) in [6, 6.07) is -21.3. The van der Waals surface area contributed by atoms with Crippen LogP contribution < -0.4 is 63.8 Å². The molecule has 1 saturated carbocycles. The standard InChI is InChI=1S/C72H114N12O40/c1-26(2)13-32(60(107)78-36(18-47(96)97)64(111)82-39(22-85)66(113)79-35(17-46(94)95)63(110)81-38(69(115)116)20-49(100)101)76-62(109)37(19-48(98)99)80-67(114)50(28(5)89)84-65(112)33(14-27(3)4)77-61(108)34(75-45(93)21-73-29(6)90)16-44(92)83-68-51(74-30(7)91)58(124-71-55(105)54(104)52(102)41(23-86)121-71)57(43(25-88)120-68)123-72-56(106)59(53(103)42(24-87)122-72)119-40(70(117)118)15-31-11-9-8-10-12-31/h26-28,31-43,50-59,68,71-72,85-89,102-106H,8-25H2,1-7H3,(H,73,90)(H,74,91)(H,75,93)(H,76,109)(H,77,108)(H,78,107)(H,79,113)(H,80,114)(H,81,110)(H,82,111)(H,83,92)(H,84,112)(H,94,95)(H,96,97)(H,98,99)(H,100,101)(H,115,116)(H,117,118)/t28-,32+,33+,34+,35+,36+,37+,38+,39+,40+,41+,42-,43-,50+,51-,52-,53+,54-,55+,56-,57-,58-,59+,68-,71+,72+/m1/s1. The zero-order chi connectivity index (χ0) is 93.6. The molecular formula is C72H114N12O40. The van der Waals surface area contributed by atoms with Gasteiger partial charge in [-0.25, -0.2) is 9.59 Å². The van der Waals surface area contributed by atoms with Gasteiger partial charge in [-0.1, -0.05) is 59.8 Å². The first-order valence-corrected chi connectivity index (χ1v) is 39.4. The third-order valence-corrected chi connectivity index (χ3v) is 19.8. The van der Waals surface area contributed by atoms with Gasteiger partial charge < -0.3 is 174 Å². The summed E-state index contributed by atoms with van der Waals surface area (Å²) in [4.78, 5) is 237. The van der Waals surface area contributed by atoms with Crippen molar-refractivity contribution in [1.29, 1.82) is 0 Å². The average molecular weight is 1790 g/mol. The van der Waals surface area contributed by atoms with E-state index >= 15 is 0 Å². The van der Waals surface area contributed by atoms with Crippen molar-refractivity contribution in [3.63, 3.8) is 0 Å². The third kappa shape index (κ3) is 33.4. The smallest absolute Gasteiger partial charge is 0.332 e. The Balaban J connectivity index is 1.67. The second-order valence-electron chi connectivity index (χ2n) is 30.9. The van der Waals surface area contributed by atoms with Crippen molar-refractivity contribution < 1.29 is 196 Å². The number of carboxylic acids is 6. The molecule has 52 nitrogen and oxygen atoms in total. The zero-order valence-electron chi connectivity index (χ0n) is 68.4. The Kier molecular flexibility index (Phi) is 43.4. The van der Waals surface area contributed by atoms with Gasteiger partial charge in [0.05, 0.1) is 71.2 Å². The van der Waals surface area contributed by atoms with Crippen molar-refractivity contribution in [2.45, 2.75) is 291 Å². The van der Waals surface area contributed by atoms with Gasteiger partial charge in [0.2, 0.25) is 70.9 Å². The molecule has 4 rings (SSSR count). The molecule has 0 unspecified atom stereocenters. The Morgan fingerprint density at radius 3 is 1.24 bits per heavy atom. The normalized spacial score (nSPS) is 26.0. The summed E-state index contributed by atoms with van der Waals surface area (Å²) in [5.41, 5.74) is 0. The molecule has 4 aliphatic rings. The summed E-state index contributed by atoms with van der Waals surface area (Å²) >= 11 is 0. The highest BCUT2D eigenvalue weighted by Crippen LogP contribution is 2.36. The number of hydrogen-bond donors (Lipinski definition) is 28. The van der Waals surface area contributed by atoms with Crippen LogP contribution >= 0.6 is 0 Å². The lowest BCUT2D eigenvalue weighted by atomic mass is 9.85. The molecule has 0 aromatic rings. The Bertz CT molecular complexity index is 3700. The van der Waals surface area contributed by atoms with E-state index in [1.54, 1.807) is 5.32 Å². The molecule has 26 atom stereocenters. The van der Waals surface area contributed by atoms with Crippen molar-refractivity contribution in [3.05, 3.63) is 0 Å². The second kappa shape index (κ2) is 50.7. The van der Waals surface area contributed by atoms with Crippen LogP contribution in [-0.2, 0) is 115 Å². The van der Waals surface area contributed by atoms with Crippen molar-refractivity contribution >= 4 is 107 Å². The predicted molar refractivity (Wildman–Crippen MR) is 405 cm³/mol. The molecule has 3 heterocycles. The van der Waals surface area contributed by atoms with Crippen molar-refractivity contribution in [2.75, 3.05) is 33.0 Å². The minimum Gasteiger partial charge on any atom is -0.481 e. The van der Waals surface area contributed by atoms with Gasteiger partial charge in [0.25, 0.3) is 0 Å². The molecule has 124 heavy (non-hydrogen) atoms. The van der Waals surface area contributed by atoms with E-state index in [2.05, 4.69) is 37.2 Å². The molecule has 28 N–H and O–H groups in total. The Hall–Kier alpha value is -10.2. The molecule has 0 bridgehead atoms. The molecule has 1 aliphatic carbocycles. The monoisotopic (exact) mass is 1790 g/mol. The van der Waals surface area contributed by atoms with Gasteiger partial charge in [-0.2, -0.15) is 0 Å². The van der Waals surface area contributed by atoms with Crippen LogP contribution in [0.15, 0.2) is 0 Å². The van der Waals surface area contributed by atoms with E-state index in [1.807, 2.05) is 21.3 Å². The van der Waals surface area contributed by atoms with E-state index in [0.29, 0.717) is 12.8 Å². The number of aliphatic hydroxyl groups excluding tert-OH is 10. The molecular weight excluding hydrogens is 1670 g/mol. The lowest BCUT2D eigenvalue weighted by Crippen LogP contribution is -2.72. The number of carboxylic acid groups (broad SMARTS) is 6. The van der Waals surface area contributed by atoms with E-state index in [-0.39, 0.29) is 12.3 Å². The van der Waals surface area contributed by atoms with E-state index in [4.69, 9.17) is 33.5 Å². The number of carbonyl (C=O) groups excluding carboxylic acids is 12. The lowest BCUT2D eigenvalue weighted by molar-refractivity contribution is -0.366. The van der Waals surface area contributed by atoms with Crippen LogP contribution in [0.4, 0.5) is 0 Å². The van der Waals surface area contributed by atoms with Gasteiger partial charge in [-0.05, 0) is 43.9 Å². The Morgan fingerprint density at radius 1 is 0.395 bits per heavy atom. The minimum atomic E-state index is -2.28. The molecule has 3 aliphatic heterocycles. The molecule has 0 aromatic heterocycles. The van der Waals surface area contributed by atoms with Crippen LogP contribution in [0, 0.1) is 17.8 Å². The van der Waals surface area contributed by atoms with E-state index in [1.165, 1.54) is 27.7 Å². The number of amides is 12. The second-order valence-corrected chi connectivity index (χ2v) is 30.9. The van der Waals surface area contributed by atoms with Crippen LogP contribution in [0.5, 0.6) is 0 Å². The van der Waals surface area contributed by atoms with Gasteiger partial charge in [0, 0.05) is 13.8 Å². The lowest BCUT2D eigenvalue weighted by Gasteiger charge is -2.50. The maximum Gasteiger partial charge on any atom is 0.332 e. The quantitative estimate of drug-likeness (QED) is 0.0269. The summed E-state index contributed by atoms with van der Waals surface area (Å²) in [6.07, 6.45) is -35.9. The average Bonchev–Trinajstić information content (AvgIpc) is 0.781. The Labute approximate surface area is 706 Å². The molecule has 52 heteroatoms. The van der Waals surface area contributed by atoms with Gasteiger partial charge in [0.15, 0.2) is 24.9 Å². The summed E-state index contributed by atoms with van der Waals surface area (Å²) in [5, 5.41) is 192. The highest BCUT2D eigenvalue weighted by Gasteiger charge is 2.56. The largest absolute Gasteiger partial charge is 0.481 e. The summed E-state index contributed by atoms with van der Waals surface area (Å²) < 4.78 is 35.9. The van der Waals surface area contributed by atoms with Gasteiger partial charge >= 0.3 is 35.8 Å². The number of rotatable bonds is 50. The molecule has 12 amide bonds. The van der Waals surface area contributed by atoms with Crippen LogP contribution in [0.3, 0.4) is 0 Å². The van der Waals surface area contributed by atoms with E-state index in [0.717, 1.165) is 40.0 Å². The Morgan fingerprint density at radius 2 is 0.806 bits per heavy atom. The SMILES string of the molecule is CC(=O)NCC(=O)N[C@@H](CC(=O)N[C@@H]1O[C@H](CO)[C@@H](O[C@@H]2O[C@H](CO)[C@H](O)[C@H](O[C@@H](CC3CCCCC3)C(=O)O)[C@H]2O)[C@H](O[C@@H]2O[C@@H](CO)[C@@H](O)[C@@H](O)[C@@H]2O)[C@H]1NC(C)=O)C(=O)N[C@@H](CC(C)C)C(=O)N[C@H](C(=O)N[C@@H](CC(=O)O)C(=O)N[C@@H](CC(C)C)C(=O)N[C@@H](CC(=O)O)C(=O)N[C@@H](CO)C(=O)N[C@@H](CC(=O)O)C(=O)N[C@@H](CC(=O)O)C(=O)O)[C@@H](C)O. The fourth-order valence-electron chi connectivity index (χ4n) is 13.6. The topological polar surface area (TPSA) is 831 Å². The highest BCUT2D eigenvalue weighted by molar-refractivity contribution is 6.01. The fourth-order valence-corrected chi connectivity index (χ4v) is 13.6. The highest BCUT2D eigenvalue weighted by atomic mass is 16.7. The van der Waals surface area contributed by atoms with Crippen molar-refractivity contribution in [3.8, 4) is 0 Å². The number of nitrogens with one attached hydrogen (secondary N) is 12. The van der Waals surface area contributed by atoms with Crippen LogP contribution in [-0.4, -0.2) is 380 Å². The van der Waals surface area contributed by atoms with Crippen molar-refractivity contribution in [2.24, 2.45) is 17.8 Å². The minimum absolute atomic E-state index is 0.0776. The van der Waals surface area contributed by atoms with Crippen LogP contribution in [0.25, 0.3) is 0 Å². The molecule has 3 saturated heterocycles. The van der Waals surface area contributed by atoms with Gasteiger partial charge in [0.1, 0.15) is 128 Å². The third-order valence-electron chi connectivity index (χ3n) is 19.8. The number of hydrogen-bond acceptors (Lipinski definition) is 34. The number of carbonyl (C=O) groups is 18. The fraction of sp³-hybridized carbons (Fsp3) is 0.750. The first-order chi connectivity index (χ1) is 58.0. The predicted octanol–water partition coefficient (Wildman–Crippen LogP) is -12.5. The first kappa shape index (κ1) is 106. The molecule has 0 radical (unpaired) electrons. The van der Waals surface area contributed by atoms with E-state index < -0.39 is 355 Å². The van der Waals surface area contributed by atoms with Crippen LogP contribution in [0.2, 0.25) is 0 Å². The molecule has 0 spiro atoms. The van der Waals surface area contributed by atoms with Crippen LogP contribution in [0.1, 0.15) is 132 Å². The van der Waals surface area contributed by atoms with Gasteiger partial charge in [-0.3, -0.25) is 76.7 Å². The molecule has 4 fully saturated rings. The summed E-state index contributed by atoms with van der Waals surface area (Å²) in [7, 11) is 0. The maximum absolute atomic E-state index is 14.7. The molecule has 0 aromatic carbocycles. The number of aliphatic carboxylic acids is 6. The summed E-state index contributed by atoms with van der Waals surface area (Å²) in [6.45, 7) is 3.19. The zero-order valence-corrected chi connectivity index (χ0v) is 68.4. The van der Waals surface area contributed by atoms with Crippen molar-refractivity contribution in [1.82, 2.24) is 63.8 Å². The first-order valence-electron chi connectivity index (χ1n) is 39.4. The molecule has 702 valence electrons. The maximum atomic E-state index is 14.7. The van der Waals surface area contributed by atoms with E-state index in [9.17, 15) is 163 Å². The van der Waals surface area contributed by atoms with Gasteiger partial charge in [-0.15, -0.1) is 0 Å². The number of aliphatic hydroxyl groups is 10. The number of ether oxygens (including phenoxy) is 6. The summed E-state index contributed by atoms with van der Waals surface area (Å²) in [5.74, 6) is -28.3.